The third-order valence-electron chi connectivity index (χ3n) is 7.70. The largest absolute Gasteiger partial charge is 0.444 e. The number of aryl methyl sites for hydroxylation is 1. The van der Waals surface area contributed by atoms with Crippen LogP contribution in [0.5, 0.6) is 0 Å². The fourth-order valence-electron chi connectivity index (χ4n) is 5.43. The lowest BCUT2D eigenvalue weighted by atomic mass is 9.82. The summed E-state index contributed by atoms with van der Waals surface area (Å²) in [5.74, 6) is 1.49. The second kappa shape index (κ2) is 13.2. The second-order valence-corrected chi connectivity index (χ2v) is 12.4. The van der Waals surface area contributed by atoms with Crippen LogP contribution < -0.4 is 16.0 Å². The van der Waals surface area contributed by atoms with Gasteiger partial charge in [-0.1, -0.05) is 18.2 Å². The minimum absolute atomic E-state index is 0.101. The Bertz CT molecular complexity index is 1550. The highest BCUT2D eigenvalue weighted by atomic mass is 16.6. The third-order valence-corrected chi connectivity index (χ3v) is 7.70. The number of ether oxygens (including phenoxy) is 1. The molecule has 1 aromatic carbocycles. The number of aromatic nitrogens is 4. The van der Waals surface area contributed by atoms with Crippen molar-refractivity contribution in [2.45, 2.75) is 58.6 Å². The van der Waals surface area contributed by atoms with Crippen molar-refractivity contribution in [3.05, 3.63) is 72.2 Å². The van der Waals surface area contributed by atoms with Crippen molar-refractivity contribution in [3.8, 4) is 11.3 Å². The van der Waals surface area contributed by atoms with Crippen LogP contribution in [-0.4, -0.2) is 50.4 Å². The number of alkyl carbamates (subject to hydrolysis) is 1. The van der Waals surface area contributed by atoms with E-state index >= 15 is 0 Å². The number of benzene rings is 1. The molecule has 1 aliphatic rings. The van der Waals surface area contributed by atoms with Gasteiger partial charge in [-0.05, 0) is 82.6 Å². The van der Waals surface area contributed by atoms with Gasteiger partial charge >= 0.3 is 6.09 Å². The van der Waals surface area contributed by atoms with Gasteiger partial charge in [-0.3, -0.25) is 9.48 Å². The summed E-state index contributed by atoms with van der Waals surface area (Å²) in [7, 11) is 1.89. The van der Waals surface area contributed by atoms with E-state index in [1.165, 1.54) is 0 Å². The molecule has 0 spiro atoms. The van der Waals surface area contributed by atoms with Crippen LogP contribution in [-0.2, 0) is 18.3 Å². The molecule has 10 heteroatoms. The Balaban J connectivity index is 1.18. The average molecular weight is 584 g/mol. The van der Waals surface area contributed by atoms with Crippen molar-refractivity contribution in [2.75, 3.05) is 18.4 Å². The van der Waals surface area contributed by atoms with E-state index in [0.717, 1.165) is 53.5 Å². The quantitative estimate of drug-likeness (QED) is 0.231. The Kier molecular flexibility index (Phi) is 9.23. The highest BCUT2D eigenvalue weighted by Crippen LogP contribution is 2.29. The molecule has 1 fully saturated rings. The van der Waals surface area contributed by atoms with Gasteiger partial charge in [0.1, 0.15) is 11.4 Å². The van der Waals surface area contributed by atoms with E-state index in [0.29, 0.717) is 42.7 Å². The number of anilines is 1. The summed E-state index contributed by atoms with van der Waals surface area (Å²) in [6, 6.07) is 13.5. The van der Waals surface area contributed by atoms with Crippen molar-refractivity contribution < 1.29 is 14.3 Å². The van der Waals surface area contributed by atoms with Crippen molar-refractivity contribution in [2.24, 2.45) is 18.9 Å². The van der Waals surface area contributed by atoms with Crippen molar-refractivity contribution in [1.82, 2.24) is 30.4 Å². The maximum Gasteiger partial charge on any atom is 0.407 e. The summed E-state index contributed by atoms with van der Waals surface area (Å²) in [5.41, 5.74) is 3.49. The third kappa shape index (κ3) is 8.30. The Morgan fingerprint density at radius 2 is 1.70 bits per heavy atom. The number of carbonyl (C=O) groups is 2. The number of para-hydroxylation sites is 1. The van der Waals surface area contributed by atoms with Gasteiger partial charge in [0, 0.05) is 55.6 Å². The van der Waals surface area contributed by atoms with Gasteiger partial charge in [0.25, 0.3) is 5.91 Å². The normalized spacial score (nSPS) is 16.9. The van der Waals surface area contributed by atoms with Gasteiger partial charge in [-0.2, -0.15) is 5.10 Å². The molecular weight excluding hydrogens is 542 g/mol. The predicted molar refractivity (Wildman–Crippen MR) is 168 cm³/mol. The van der Waals surface area contributed by atoms with Crippen LogP contribution in [0.3, 0.4) is 0 Å². The van der Waals surface area contributed by atoms with Crippen molar-refractivity contribution >= 4 is 28.7 Å². The van der Waals surface area contributed by atoms with E-state index in [4.69, 9.17) is 9.72 Å². The van der Waals surface area contributed by atoms with Gasteiger partial charge in [-0.15, -0.1) is 0 Å². The molecule has 4 aromatic rings. The number of rotatable bonds is 9. The topological polar surface area (TPSA) is 123 Å². The molecule has 0 radical (unpaired) electrons. The van der Waals surface area contributed by atoms with Crippen LogP contribution >= 0.6 is 0 Å². The van der Waals surface area contributed by atoms with Gasteiger partial charge in [-0.25, -0.2) is 14.8 Å². The number of hydrogen-bond acceptors (Lipinski definition) is 7. The Morgan fingerprint density at radius 1 is 0.977 bits per heavy atom. The lowest BCUT2D eigenvalue weighted by Gasteiger charge is -2.29. The molecule has 1 aliphatic carbocycles. The fourth-order valence-corrected chi connectivity index (χ4v) is 5.43. The lowest BCUT2D eigenvalue weighted by molar-refractivity contribution is 0.0512. The molecule has 0 unspecified atom stereocenters. The molecule has 0 aliphatic heterocycles. The van der Waals surface area contributed by atoms with Crippen LogP contribution in [0.25, 0.3) is 22.2 Å². The number of nitrogens with one attached hydrogen (secondary N) is 3. The molecule has 226 valence electrons. The lowest BCUT2D eigenvalue weighted by Crippen LogP contribution is -2.37. The summed E-state index contributed by atoms with van der Waals surface area (Å²) < 4.78 is 7.11. The van der Waals surface area contributed by atoms with Gasteiger partial charge in [0.05, 0.1) is 23.0 Å². The number of fused-ring (bicyclic) bond motifs is 1. The zero-order valence-corrected chi connectivity index (χ0v) is 25.4. The summed E-state index contributed by atoms with van der Waals surface area (Å²) in [6.45, 7) is 7.45. The molecule has 3 heterocycles. The first-order chi connectivity index (χ1) is 20.6. The van der Waals surface area contributed by atoms with E-state index in [2.05, 4.69) is 26.0 Å². The van der Waals surface area contributed by atoms with Crippen LogP contribution in [0, 0.1) is 11.8 Å². The molecule has 43 heavy (non-hydrogen) atoms. The van der Waals surface area contributed by atoms with E-state index < -0.39 is 5.60 Å². The van der Waals surface area contributed by atoms with Crippen LogP contribution in [0.2, 0.25) is 0 Å². The number of hydrogen-bond donors (Lipinski definition) is 3. The number of carbonyl (C=O) groups excluding carboxylic acids is 2. The highest BCUT2D eigenvalue weighted by Gasteiger charge is 2.24. The molecule has 0 atom stereocenters. The molecule has 0 saturated heterocycles. The Labute approximate surface area is 252 Å². The number of pyridine rings is 2. The van der Waals surface area contributed by atoms with Crippen LogP contribution in [0.1, 0.15) is 62.4 Å². The second-order valence-electron chi connectivity index (χ2n) is 12.4. The van der Waals surface area contributed by atoms with Crippen molar-refractivity contribution in [3.63, 3.8) is 0 Å². The summed E-state index contributed by atoms with van der Waals surface area (Å²) >= 11 is 0. The molecular formula is C33H41N7O3. The Hall–Kier alpha value is -4.47. The summed E-state index contributed by atoms with van der Waals surface area (Å²) in [4.78, 5) is 34.9. The minimum atomic E-state index is -0.499. The van der Waals surface area contributed by atoms with E-state index in [-0.39, 0.29) is 12.0 Å². The first-order valence-corrected chi connectivity index (χ1v) is 15.0. The maximum atomic E-state index is 13.5. The van der Waals surface area contributed by atoms with Crippen LogP contribution in [0.15, 0.2) is 61.1 Å². The summed E-state index contributed by atoms with van der Waals surface area (Å²) in [6.07, 6.45) is 9.24. The van der Waals surface area contributed by atoms with Gasteiger partial charge < -0.3 is 20.7 Å². The molecule has 0 bridgehead atoms. The zero-order chi connectivity index (χ0) is 30.4. The molecule has 1 saturated carbocycles. The van der Waals surface area contributed by atoms with E-state index in [1.54, 1.807) is 10.9 Å². The fraction of sp³-hybridized carbons (Fsp3) is 0.424. The SMILES string of the molecule is Cn1cc(CNc2ccc(-c3cc(C(=O)NCC4CCC(CNC(=O)OC(C)(C)C)CC4)c4ccccc4n3)cn2)cn1. The molecule has 5 rings (SSSR count). The molecule has 3 N–H and O–H groups in total. The summed E-state index contributed by atoms with van der Waals surface area (Å²) in [5, 5.41) is 14.4. The zero-order valence-electron chi connectivity index (χ0n) is 25.4. The number of amides is 2. The van der Waals surface area contributed by atoms with Gasteiger partial charge in [0.2, 0.25) is 0 Å². The highest BCUT2D eigenvalue weighted by molar-refractivity contribution is 6.07. The smallest absolute Gasteiger partial charge is 0.407 e. The van der Waals surface area contributed by atoms with Gasteiger partial charge in [0.15, 0.2) is 0 Å². The number of nitrogens with zero attached hydrogens (tertiary/aromatic N) is 4. The van der Waals surface area contributed by atoms with Crippen LogP contribution in [0.4, 0.5) is 10.6 Å². The minimum Gasteiger partial charge on any atom is -0.444 e. The maximum absolute atomic E-state index is 13.5. The first-order valence-electron chi connectivity index (χ1n) is 15.0. The Morgan fingerprint density at radius 3 is 2.35 bits per heavy atom. The predicted octanol–water partition coefficient (Wildman–Crippen LogP) is 5.70. The van der Waals surface area contributed by atoms with E-state index in [9.17, 15) is 9.59 Å². The average Bonchev–Trinajstić information content (AvgIpc) is 3.42. The molecule has 3 aromatic heterocycles. The first kappa shape index (κ1) is 30.0. The molecule has 10 nitrogen and oxygen atoms in total. The van der Waals surface area contributed by atoms with Crippen molar-refractivity contribution in [1.29, 1.82) is 0 Å². The van der Waals surface area contributed by atoms with E-state index in [1.807, 2.05) is 82.7 Å². The monoisotopic (exact) mass is 583 g/mol. The standard InChI is InChI=1S/C33H41N7O3/c1-33(2,3)43-32(42)37-17-23-11-9-22(10-12-23)16-36-31(41)27-15-29(39-28-8-6-5-7-26(27)28)25-13-14-30(35-20-25)34-18-24-19-38-40(4)21-24/h5-8,13-15,19-23H,9-12,16-18H2,1-4H3,(H,34,35)(H,36,41)(H,37,42). The molecule has 2 amide bonds.